The van der Waals surface area contributed by atoms with E-state index in [1.54, 1.807) is 62.7 Å². The number of nitrogen functional groups attached to an aromatic ring is 1. The van der Waals surface area contributed by atoms with Crippen molar-refractivity contribution < 1.29 is 31.8 Å². The van der Waals surface area contributed by atoms with E-state index in [1.165, 1.54) is 43.7 Å². The average molecular weight is 1280 g/mol. The molecule has 86 heavy (non-hydrogen) atoms. The van der Waals surface area contributed by atoms with Gasteiger partial charge in [0.05, 0.1) is 44.1 Å². The van der Waals surface area contributed by atoms with Crippen LogP contribution < -0.4 is 33.2 Å². The molecule has 2 fully saturated rings. The maximum Gasteiger partial charge on any atom is 0.271 e. The highest BCUT2D eigenvalue weighted by Gasteiger charge is 2.21. The Bertz CT molecular complexity index is 3760. The minimum atomic E-state index is -0.472. The van der Waals surface area contributed by atoms with Crippen molar-refractivity contribution in [2.24, 2.45) is 17.5 Å². The number of hydrogen-bond acceptors (Lipinski definition) is 21. The summed E-state index contributed by atoms with van der Waals surface area (Å²) in [6.45, 7) is 22.4. The zero-order valence-electron chi connectivity index (χ0n) is 48.8. The lowest BCUT2D eigenvalue weighted by Gasteiger charge is -2.33. The highest BCUT2D eigenvalue weighted by atomic mass is 35.5. The molecule has 2 saturated heterocycles. The van der Waals surface area contributed by atoms with E-state index in [0.29, 0.717) is 92.0 Å². The molecule has 10 aromatic rings. The summed E-state index contributed by atoms with van der Waals surface area (Å²) in [6.07, 6.45) is 3.10. The lowest BCUT2D eigenvalue weighted by Crippen LogP contribution is -2.45. The third-order valence-corrected chi connectivity index (χ3v) is 14.1. The van der Waals surface area contributed by atoms with Gasteiger partial charge in [-0.05, 0) is 109 Å². The zero-order valence-corrected chi connectivity index (χ0v) is 51.8. The van der Waals surface area contributed by atoms with Crippen LogP contribution in [0.15, 0.2) is 61.2 Å². The highest BCUT2D eigenvalue weighted by molar-refractivity contribution is 6.40. The van der Waals surface area contributed by atoms with Crippen molar-refractivity contribution in [2.45, 2.75) is 54.9 Å². The van der Waals surface area contributed by atoms with Gasteiger partial charge in [0.15, 0.2) is 37.9 Å². The van der Waals surface area contributed by atoms with Crippen molar-refractivity contribution in [1.29, 1.82) is 0 Å². The van der Waals surface area contributed by atoms with E-state index in [-0.39, 0.29) is 49.7 Å². The molecule has 0 unspecified atom stereocenters. The number of halogens is 8. The highest BCUT2D eigenvalue weighted by Crippen LogP contribution is 2.28. The summed E-state index contributed by atoms with van der Waals surface area (Å²) in [5.74, 6) is 13.0. The van der Waals surface area contributed by atoms with Gasteiger partial charge in [0, 0.05) is 96.4 Å². The number of likely N-dealkylation sites (N-methyl/N-ethyl adjacent to an activating group) is 2. The van der Waals surface area contributed by atoms with Crippen LogP contribution in [0.4, 0.5) is 29.2 Å². The van der Waals surface area contributed by atoms with Crippen LogP contribution in [0.3, 0.4) is 0 Å². The van der Waals surface area contributed by atoms with Gasteiger partial charge in [0.25, 0.3) is 6.48 Å². The van der Waals surface area contributed by atoms with Crippen molar-refractivity contribution in [3.05, 3.63) is 127 Å². The summed E-state index contributed by atoms with van der Waals surface area (Å²) in [4.78, 5) is 31.7. The van der Waals surface area contributed by atoms with Gasteiger partial charge in [-0.25, -0.2) is 53.3 Å². The maximum atomic E-state index is 13.9. The SMILES string of the molecule is CCOC(OCC)OCC.CN1CCNCC1.Cc1cc2nc(Cl)c(Cl)nc2cc1F.Cc1cc2nc(Cl)c(NN)nc2cc1F.Cc1cc2nc(Cl)c3nncn3c2cc1F.Cc1cc2nc(N3CCN(C)CC3)c3nncn3c2cc1F.NN. The number of hydrazine groups is 2. The minimum absolute atomic E-state index is 0.0856. The first-order valence-electron chi connectivity index (χ1n) is 26.9. The summed E-state index contributed by atoms with van der Waals surface area (Å²) < 4.78 is 72.4. The molecule has 31 heteroatoms. The maximum absolute atomic E-state index is 13.9. The van der Waals surface area contributed by atoms with Gasteiger partial charge in [-0.3, -0.25) is 20.5 Å². The molecular weight excluding hydrogens is 1210 g/mol. The van der Waals surface area contributed by atoms with Crippen molar-refractivity contribution in [1.82, 2.24) is 74.2 Å². The lowest BCUT2D eigenvalue weighted by molar-refractivity contribution is -0.282. The molecule has 0 radical (unpaired) electrons. The average Bonchev–Trinajstić information content (AvgIpc) is 1.89. The van der Waals surface area contributed by atoms with Crippen LogP contribution >= 0.6 is 46.4 Å². The number of nitrogens with two attached hydrogens (primary N) is 3. The van der Waals surface area contributed by atoms with Gasteiger partial charge in [-0.2, -0.15) is 0 Å². The van der Waals surface area contributed by atoms with Gasteiger partial charge in [0.2, 0.25) is 5.65 Å². The van der Waals surface area contributed by atoms with Gasteiger partial charge in [-0.15, -0.1) is 20.4 Å². The van der Waals surface area contributed by atoms with Crippen LogP contribution in [-0.4, -0.2) is 162 Å². The van der Waals surface area contributed by atoms with Gasteiger partial charge in [0.1, 0.15) is 35.9 Å². The Morgan fingerprint density at radius 1 is 0.512 bits per heavy atom. The summed E-state index contributed by atoms with van der Waals surface area (Å²) in [5.41, 5.74) is 10.1. The summed E-state index contributed by atoms with van der Waals surface area (Å²) in [6, 6.07) is 12.1. The van der Waals surface area contributed by atoms with Crippen LogP contribution in [-0.2, 0) is 14.2 Å². The third-order valence-electron chi connectivity index (χ3n) is 12.9. The Morgan fingerprint density at radius 2 is 0.895 bits per heavy atom. The second-order valence-corrected chi connectivity index (χ2v) is 20.5. The number of aryl methyl sites for hydroxylation is 4. The quantitative estimate of drug-likeness (QED) is 0.0411. The normalized spacial score (nSPS) is 13.4. The Kier molecular flexibility index (Phi) is 26.2. The van der Waals surface area contributed by atoms with Crippen LogP contribution in [0.1, 0.15) is 43.0 Å². The van der Waals surface area contributed by atoms with Crippen LogP contribution in [0, 0.1) is 51.0 Å². The zero-order chi connectivity index (χ0) is 62.8. The number of piperazine rings is 2. The Balaban J connectivity index is 0.000000169. The van der Waals surface area contributed by atoms with Crippen molar-refractivity contribution >= 4 is 113 Å². The molecular formula is C55H68Cl4F4N20O3. The van der Waals surface area contributed by atoms with Gasteiger partial charge < -0.3 is 39.7 Å². The molecule has 0 spiro atoms. The first-order valence-corrected chi connectivity index (χ1v) is 28.4. The second-order valence-electron chi connectivity index (χ2n) is 19.1. The first kappa shape index (κ1) is 68.4. The molecule has 8 N–H and O–H groups in total. The van der Waals surface area contributed by atoms with Crippen LogP contribution in [0.2, 0.25) is 20.6 Å². The van der Waals surface area contributed by atoms with E-state index in [0.717, 1.165) is 50.6 Å². The molecule has 462 valence electrons. The van der Waals surface area contributed by atoms with Crippen molar-refractivity contribution in [2.75, 3.05) is 96.6 Å². The third kappa shape index (κ3) is 18.0. The topological polar surface area (TPSA) is 277 Å². The van der Waals surface area contributed by atoms with Crippen LogP contribution in [0.25, 0.3) is 55.4 Å². The van der Waals surface area contributed by atoms with Gasteiger partial charge in [-0.1, -0.05) is 46.4 Å². The molecule has 23 nitrogen and oxygen atoms in total. The molecule has 2 aliphatic heterocycles. The molecule has 0 bridgehead atoms. The second kappa shape index (κ2) is 32.9. The molecule has 2 aliphatic rings. The number of rotatable bonds is 8. The molecule has 4 aromatic carbocycles. The first-order chi connectivity index (χ1) is 41.2. The molecule has 0 saturated carbocycles. The summed E-state index contributed by atoms with van der Waals surface area (Å²) in [7, 11) is 4.27. The summed E-state index contributed by atoms with van der Waals surface area (Å²) in [5, 5.41) is 19.6. The molecule has 6 aromatic heterocycles. The predicted octanol–water partition coefficient (Wildman–Crippen LogP) is 8.98. The number of hydrogen-bond donors (Lipinski definition) is 5. The number of fused-ring (bicyclic) bond motifs is 8. The molecule has 0 amide bonds. The lowest BCUT2D eigenvalue weighted by atomic mass is 10.2. The fourth-order valence-corrected chi connectivity index (χ4v) is 8.94. The Hall–Kier alpha value is -6.70. The fraction of sp³-hybridized carbons (Fsp3) is 0.382. The van der Waals surface area contributed by atoms with Crippen molar-refractivity contribution in [3.63, 3.8) is 0 Å². The number of nitrogens with zero attached hydrogens (tertiary/aromatic N) is 15. The molecule has 0 atom stereocenters. The Morgan fingerprint density at radius 3 is 1.35 bits per heavy atom. The fourth-order valence-electron chi connectivity index (χ4n) is 8.26. The number of benzene rings is 4. The molecule has 0 aliphatic carbocycles. The van der Waals surface area contributed by atoms with Crippen LogP contribution in [0.5, 0.6) is 0 Å². The molecule has 8 heterocycles. The van der Waals surface area contributed by atoms with E-state index in [2.05, 4.69) is 96.5 Å². The van der Waals surface area contributed by atoms with Gasteiger partial charge >= 0.3 is 0 Å². The van der Waals surface area contributed by atoms with E-state index in [9.17, 15) is 17.6 Å². The minimum Gasteiger partial charge on any atom is -0.351 e. The van der Waals surface area contributed by atoms with E-state index in [1.807, 2.05) is 25.2 Å². The standard InChI is InChI=1S/C15H17FN6.C10H6ClFN4.C9H5Cl2FN2.C9H8ClFN4.C7H16O3.C5H12N2.H4N2/c1-10-7-12-13(8-11(10)16)22-9-17-19-15(22)14(18-12)21-5-3-20(2)4-6-21;1-5-2-7-8(3-6(5)12)16-4-13-15-10(16)9(11)14-7;1-4-2-6-7(3-5(4)12)14-9(11)8(10)13-6;1-4-2-6-7(3-5(4)11)14-9(15-12)8(10)13-6;1-4-8-7(9-5-2)10-6-3;1-7-4-2-6-3-5-7;1-2/h7-9H,3-6H2,1-2H3;2-4H,1H3;2-3H,1H3;2-3H,12H2,1H3,(H,14,15);7H,4-6H2,1-3H3;6H,2-5H2,1H3;1-2H2. The Labute approximate surface area is 513 Å². The number of anilines is 2. The number of ether oxygens (including phenoxy) is 3. The monoisotopic (exact) mass is 1270 g/mol. The molecule has 12 rings (SSSR count). The largest absolute Gasteiger partial charge is 0.351 e. The van der Waals surface area contributed by atoms with E-state index >= 15 is 0 Å². The van der Waals surface area contributed by atoms with E-state index < -0.39 is 6.48 Å². The smallest absolute Gasteiger partial charge is 0.271 e. The summed E-state index contributed by atoms with van der Waals surface area (Å²) >= 11 is 23.1. The van der Waals surface area contributed by atoms with Crippen molar-refractivity contribution in [3.8, 4) is 0 Å². The number of aromatic nitrogens is 12. The number of nitrogens with one attached hydrogen (secondary N) is 2. The predicted molar refractivity (Wildman–Crippen MR) is 329 cm³/mol. The van der Waals surface area contributed by atoms with E-state index in [4.69, 9.17) is 71.4 Å².